The van der Waals surface area contributed by atoms with Gasteiger partial charge in [0.05, 0.1) is 0 Å². The third kappa shape index (κ3) is 4.73. The molecule has 78 valence electrons. The van der Waals surface area contributed by atoms with Gasteiger partial charge in [0, 0.05) is 10.6 Å². The van der Waals surface area contributed by atoms with E-state index in [1.54, 1.807) is 0 Å². The molecule has 0 saturated heterocycles. The Kier molecular flexibility index (Phi) is 5.80. The predicted molar refractivity (Wildman–Crippen MR) is 66.8 cm³/mol. The first-order valence-electron chi connectivity index (χ1n) is 5.40. The van der Waals surface area contributed by atoms with E-state index in [2.05, 4.69) is 41.5 Å². The zero-order valence-electron chi connectivity index (χ0n) is 8.76. The van der Waals surface area contributed by atoms with Crippen LogP contribution in [0, 0.1) is 11.8 Å². The van der Waals surface area contributed by atoms with Crippen LogP contribution in [0.15, 0.2) is 0 Å². The molecule has 0 N–H and O–H groups in total. The zero-order valence-corrected chi connectivity index (χ0v) is 11.2. The Hall–Kier alpha value is 0.830. The Morgan fingerprint density at radius 1 is 1.46 bits per heavy atom. The van der Waals surface area contributed by atoms with Gasteiger partial charge in [0.2, 0.25) is 0 Å². The minimum Gasteiger partial charge on any atom is -0.158 e. The van der Waals surface area contributed by atoms with Crippen molar-refractivity contribution >= 4 is 27.7 Å². The quantitative estimate of drug-likeness (QED) is 0.682. The molecule has 0 radical (unpaired) electrons. The summed E-state index contributed by atoms with van der Waals surface area (Å²) in [5, 5.41) is 2.12. The van der Waals surface area contributed by atoms with Crippen molar-refractivity contribution in [2.45, 2.75) is 44.8 Å². The second-order valence-electron chi connectivity index (χ2n) is 4.49. The lowest BCUT2D eigenvalue weighted by Gasteiger charge is -2.26. The van der Waals surface area contributed by atoms with Gasteiger partial charge in [-0.2, -0.15) is 11.8 Å². The number of hydrogen-bond acceptors (Lipinski definition) is 1. The summed E-state index contributed by atoms with van der Waals surface area (Å²) in [5.74, 6) is 3.15. The van der Waals surface area contributed by atoms with E-state index < -0.39 is 0 Å². The largest absolute Gasteiger partial charge is 0.158 e. The standard InChI is InChI=1S/C11H21BrS/c1-9-4-3-5-11(6-9)13-8-10(2)7-12/h9-11H,3-8H2,1-2H3. The number of rotatable bonds is 4. The van der Waals surface area contributed by atoms with Gasteiger partial charge < -0.3 is 0 Å². The second-order valence-corrected chi connectivity index (χ2v) is 6.47. The molecule has 0 nitrogen and oxygen atoms in total. The highest BCUT2D eigenvalue weighted by Crippen LogP contribution is 2.32. The van der Waals surface area contributed by atoms with E-state index in [1.165, 1.54) is 31.4 Å². The lowest BCUT2D eigenvalue weighted by molar-refractivity contribution is 0.394. The van der Waals surface area contributed by atoms with Crippen molar-refractivity contribution in [1.82, 2.24) is 0 Å². The SMILES string of the molecule is CC(CBr)CSC1CCCC(C)C1. The normalized spacial score (nSPS) is 31.6. The maximum absolute atomic E-state index is 3.54. The summed E-state index contributed by atoms with van der Waals surface area (Å²) < 4.78 is 0. The maximum atomic E-state index is 3.54. The van der Waals surface area contributed by atoms with Crippen molar-refractivity contribution in [1.29, 1.82) is 0 Å². The first-order chi connectivity index (χ1) is 6.22. The van der Waals surface area contributed by atoms with Crippen LogP contribution in [0.5, 0.6) is 0 Å². The predicted octanol–water partition coefficient (Wildman–Crippen LogP) is 4.33. The zero-order chi connectivity index (χ0) is 9.68. The summed E-state index contributed by atoms with van der Waals surface area (Å²) in [6.07, 6.45) is 5.84. The molecule has 2 heteroatoms. The van der Waals surface area contributed by atoms with E-state index in [0.29, 0.717) is 0 Å². The van der Waals surface area contributed by atoms with E-state index in [1.807, 2.05) is 0 Å². The summed E-state index contributed by atoms with van der Waals surface area (Å²) in [7, 11) is 0. The Balaban J connectivity index is 2.13. The van der Waals surface area contributed by atoms with Crippen LogP contribution in [-0.4, -0.2) is 16.3 Å². The van der Waals surface area contributed by atoms with Crippen LogP contribution in [0.3, 0.4) is 0 Å². The van der Waals surface area contributed by atoms with Gasteiger partial charge in [-0.3, -0.25) is 0 Å². The molecule has 1 saturated carbocycles. The Labute approximate surface area is 95.4 Å². The number of alkyl halides is 1. The number of halogens is 1. The molecule has 1 fully saturated rings. The first-order valence-corrected chi connectivity index (χ1v) is 7.57. The van der Waals surface area contributed by atoms with E-state index in [4.69, 9.17) is 0 Å². The molecular formula is C11H21BrS. The fraction of sp³-hybridized carbons (Fsp3) is 1.00. The van der Waals surface area contributed by atoms with Crippen LogP contribution in [0.1, 0.15) is 39.5 Å². The fourth-order valence-corrected chi connectivity index (χ4v) is 3.92. The van der Waals surface area contributed by atoms with Gasteiger partial charge in [-0.25, -0.2) is 0 Å². The molecule has 13 heavy (non-hydrogen) atoms. The summed E-state index contributed by atoms with van der Waals surface area (Å²) in [6.45, 7) is 4.73. The molecule has 0 aliphatic heterocycles. The van der Waals surface area contributed by atoms with Crippen LogP contribution in [0.4, 0.5) is 0 Å². The number of thioether (sulfide) groups is 1. The summed E-state index contributed by atoms with van der Waals surface area (Å²) in [4.78, 5) is 0. The Morgan fingerprint density at radius 2 is 2.23 bits per heavy atom. The summed E-state index contributed by atoms with van der Waals surface area (Å²) in [6, 6.07) is 0. The van der Waals surface area contributed by atoms with Crippen LogP contribution in [-0.2, 0) is 0 Å². The van der Waals surface area contributed by atoms with Crippen LogP contribution in [0.2, 0.25) is 0 Å². The highest BCUT2D eigenvalue weighted by Gasteiger charge is 2.19. The molecular weight excluding hydrogens is 244 g/mol. The summed E-state index contributed by atoms with van der Waals surface area (Å²) in [5.41, 5.74) is 0. The van der Waals surface area contributed by atoms with E-state index in [-0.39, 0.29) is 0 Å². The first kappa shape index (κ1) is 11.9. The van der Waals surface area contributed by atoms with E-state index >= 15 is 0 Å². The molecule has 3 unspecified atom stereocenters. The lowest BCUT2D eigenvalue weighted by Crippen LogP contribution is -2.16. The molecule has 0 bridgehead atoms. The van der Waals surface area contributed by atoms with Gasteiger partial charge >= 0.3 is 0 Å². The molecule has 1 rings (SSSR count). The van der Waals surface area contributed by atoms with Gasteiger partial charge in [0.1, 0.15) is 0 Å². The molecule has 0 spiro atoms. The monoisotopic (exact) mass is 264 g/mol. The minimum atomic E-state index is 0.835. The Morgan fingerprint density at radius 3 is 2.85 bits per heavy atom. The maximum Gasteiger partial charge on any atom is 0.00649 e. The topological polar surface area (TPSA) is 0 Å². The van der Waals surface area contributed by atoms with E-state index in [0.717, 1.165) is 22.4 Å². The number of hydrogen-bond donors (Lipinski definition) is 0. The average Bonchev–Trinajstić information content (AvgIpc) is 2.14. The van der Waals surface area contributed by atoms with Crippen molar-refractivity contribution in [2.24, 2.45) is 11.8 Å². The van der Waals surface area contributed by atoms with Gasteiger partial charge in [0.15, 0.2) is 0 Å². The van der Waals surface area contributed by atoms with Gasteiger partial charge in [-0.1, -0.05) is 42.6 Å². The fourth-order valence-electron chi connectivity index (χ4n) is 1.87. The molecule has 1 aliphatic rings. The minimum absolute atomic E-state index is 0.835. The molecule has 0 aromatic carbocycles. The van der Waals surface area contributed by atoms with Crippen LogP contribution in [0.25, 0.3) is 0 Å². The van der Waals surface area contributed by atoms with Crippen molar-refractivity contribution in [2.75, 3.05) is 11.1 Å². The van der Waals surface area contributed by atoms with Crippen molar-refractivity contribution in [3.8, 4) is 0 Å². The smallest absolute Gasteiger partial charge is 0.00649 e. The lowest BCUT2D eigenvalue weighted by atomic mass is 9.91. The van der Waals surface area contributed by atoms with Crippen molar-refractivity contribution in [3.05, 3.63) is 0 Å². The second kappa shape index (κ2) is 6.34. The molecule has 1 aliphatic carbocycles. The van der Waals surface area contributed by atoms with E-state index in [9.17, 15) is 0 Å². The van der Waals surface area contributed by atoms with Crippen molar-refractivity contribution in [3.63, 3.8) is 0 Å². The van der Waals surface area contributed by atoms with Gasteiger partial charge in [-0.05, 0) is 30.4 Å². The molecule has 0 aromatic rings. The average molecular weight is 265 g/mol. The molecule has 0 aromatic heterocycles. The molecule has 3 atom stereocenters. The van der Waals surface area contributed by atoms with Gasteiger partial charge in [0.25, 0.3) is 0 Å². The summed E-state index contributed by atoms with van der Waals surface area (Å²) >= 11 is 5.74. The molecule has 0 heterocycles. The van der Waals surface area contributed by atoms with Crippen molar-refractivity contribution < 1.29 is 0 Å². The Bertz CT molecular complexity index is 138. The highest BCUT2D eigenvalue weighted by atomic mass is 79.9. The van der Waals surface area contributed by atoms with Crippen LogP contribution < -0.4 is 0 Å². The highest BCUT2D eigenvalue weighted by molar-refractivity contribution is 9.09. The van der Waals surface area contributed by atoms with Gasteiger partial charge in [-0.15, -0.1) is 0 Å². The third-order valence-corrected chi connectivity index (χ3v) is 5.53. The molecule has 0 amide bonds. The van der Waals surface area contributed by atoms with Crippen LogP contribution >= 0.6 is 27.7 Å². The third-order valence-electron chi connectivity index (χ3n) is 2.77.